The van der Waals surface area contributed by atoms with Crippen LogP contribution in [0, 0.1) is 0 Å². The Morgan fingerprint density at radius 2 is 1.72 bits per heavy atom. The summed E-state index contributed by atoms with van der Waals surface area (Å²) in [5.74, 6) is -1.33. The molecule has 1 aliphatic heterocycles. The van der Waals surface area contributed by atoms with Crippen molar-refractivity contribution in [1.29, 1.82) is 0 Å². The predicted molar refractivity (Wildman–Crippen MR) is 55.5 cm³/mol. The van der Waals surface area contributed by atoms with Crippen LogP contribution in [0.15, 0.2) is 30.3 Å². The highest BCUT2D eigenvalue weighted by Gasteiger charge is 2.67. The Hall–Kier alpha value is -2.05. The first-order valence-electron chi connectivity index (χ1n) is 5.03. The molecular weight excluding hydrogens is 249 g/mol. The van der Waals surface area contributed by atoms with E-state index >= 15 is 0 Å². The lowest BCUT2D eigenvalue weighted by Crippen LogP contribution is -2.55. The number of alkyl halides is 3. The number of likely N-dealkylation sites (N-methyl/N-ethyl adjacent to an activating group) is 1. The van der Waals surface area contributed by atoms with Crippen molar-refractivity contribution >= 4 is 11.9 Å². The molecule has 0 aliphatic carbocycles. The van der Waals surface area contributed by atoms with Gasteiger partial charge in [-0.3, -0.25) is 9.69 Å². The average Bonchev–Trinajstić information content (AvgIpc) is 2.55. The zero-order chi connectivity index (χ0) is 13.6. The van der Waals surface area contributed by atoms with Crippen molar-refractivity contribution in [3.63, 3.8) is 0 Å². The molecule has 1 atom stereocenters. The SMILES string of the molecule is CN1C(=O)N[C@](c2ccccc2)(C(F)(F)F)C1=O. The van der Waals surface area contributed by atoms with Crippen molar-refractivity contribution in [3.8, 4) is 0 Å². The minimum atomic E-state index is -4.91. The molecule has 0 saturated carbocycles. The van der Waals surface area contributed by atoms with Crippen LogP contribution in [-0.4, -0.2) is 30.1 Å². The van der Waals surface area contributed by atoms with Gasteiger partial charge >= 0.3 is 12.2 Å². The van der Waals surface area contributed by atoms with E-state index < -0.39 is 23.7 Å². The van der Waals surface area contributed by atoms with Crippen LogP contribution in [-0.2, 0) is 10.3 Å². The van der Waals surface area contributed by atoms with E-state index in [0.717, 1.165) is 19.2 Å². The molecule has 18 heavy (non-hydrogen) atoms. The van der Waals surface area contributed by atoms with Gasteiger partial charge in [0, 0.05) is 7.05 Å². The van der Waals surface area contributed by atoms with Crippen LogP contribution in [0.25, 0.3) is 0 Å². The number of urea groups is 1. The summed E-state index contributed by atoms with van der Waals surface area (Å²) in [5, 5.41) is 1.74. The molecule has 7 heteroatoms. The zero-order valence-corrected chi connectivity index (χ0v) is 9.28. The van der Waals surface area contributed by atoms with Crippen molar-refractivity contribution < 1.29 is 22.8 Å². The summed E-state index contributed by atoms with van der Waals surface area (Å²) in [4.78, 5) is 23.6. The quantitative estimate of drug-likeness (QED) is 0.778. The lowest BCUT2D eigenvalue weighted by Gasteiger charge is -2.29. The average molecular weight is 258 g/mol. The third-order valence-corrected chi connectivity index (χ3v) is 2.86. The summed E-state index contributed by atoms with van der Waals surface area (Å²) in [7, 11) is 1.01. The third kappa shape index (κ3) is 1.47. The summed E-state index contributed by atoms with van der Waals surface area (Å²) < 4.78 is 39.7. The van der Waals surface area contributed by atoms with Crippen LogP contribution in [0.2, 0.25) is 0 Å². The molecule has 1 aliphatic rings. The third-order valence-electron chi connectivity index (χ3n) is 2.86. The summed E-state index contributed by atoms with van der Waals surface area (Å²) in [6, 6.07) is 5.52. The van der Waals surface area contributed by atoms with E-state index in [1.54, 1.807) is 5.32 Å². The number of amides is 3. The molecule has 0 spiro atoms. The Balaban J connectivity index is 2.65. The maximum atomic E-state index is 13.2. The van der Waals surface area contributed by atoms with Crippen LogP contribution in [0.3, 0.4) is 0 Å². The maximum absolute atomic E-state index is 13.2. The summed E-state index contributed by atoms with van der Waals surface area (Å²) in [6.45, 7) is 0. The van der Waals surface area contributed by atoms with Crippen LogP contribution in [0.5, 0.6) is 0 Å². The Bertz CT molecular complexity index is 501. The van der Waals surface area contributed by atoms with E-state index in [2.05, 4.69) is 0 Å². The van der Waals surface area contributed by atoms with Crippen LogP contribution >= 0.6 is 0 Å². The van der Waals surface area contributed by atoms with Crippen molar-refractivity contribution in [3.05, 3.63) is 35.9 Å². The van der Waals surface area contributed by atoms with Gasteiger partial charge in [-0.15, -0.1) is 0 Å². The molecule has 0 bridgehead atoms. The molecule has 3 amide bonds. The second kappa shape index (κ2) is 3.72. The lowest BCUT2D eigenvalue weighted by atomic mass is 9.89. The van der Waals surface area contributed by atoms with Crippen molar-refractivity contribution in [2.45, 2.75) is 11.7 Å². The Morgan fingerprint density at radius 3 is 2.11 bits per heavy atom. The number of hydrogen-bond donors (Lipinski definition) is 1. The number of benzene rings is 1. The molecule has 0 aromatic heterocycles. The van der Waals surface area contributed by atoms with Crippen LogP contribution in [0.1, 0.15) is 5.56 Å². The highest BCUT2D eigenvalue weighted by atomic mass is 19.4. The first kappa shape index (κ1) is 12.4. The normalized spacial score (nSPS) is 24.3. The molecule has 1 N–H and O–H groups in total. The number of halogens is 3. The van der Waals surface area contributed by atoms with Gasteiger partial charge in [-0.2, -0.15) is 13.2 Å². The molecule has 1 aromatic rings. The van der Waals surface area contributed by atoms with Gasteiger partial charge in [0.1, 0.15) is 0 Å². The minimum Gasteiger partial charge on any atom is -0.312 e. The predicted octanol–water partition coefficient (Wildman–Crippen LogP) is 1.63. The van der Waals surface area contributed by atoms with Crippen molar-refractivity contribution in [2.24, 2.45) is 0 Å². The number of rotatable bonds is 1. The van der Waals surface area contributed by atoms with Crippen molar-refractivity contribution in [2.75, 3.05) is 7.05 Å². The van der Waals surface area contributed by atoms with Gasteiger partial charge in [0.25, 0.3) is 5.91 Å². The molecule has 0 radical (unpaired) electrons. The monoisotopic (exact) mass is 258 g/mol. The number of hydrogen-bond acceptors (Lipinski definition) is 2. The maximum Gasteiger partial charge on any atom is 0.425 e. The van der Waals surface area contributed by atoms with Crippen LogP contribution < -0.4 is 5.32 Å². The molecular formula is C11H9F3N2O2. The summed E-state index contributed by atoms with van der Waals surface area (Å²) in [6.07, 6.45) is -4.91. The highest BCUT2D eigenvalue weighted by Crippen LogP contribution is 2.42. The van der Waals surface area contributed by atoms with Gasteiger partial charge in [-0.1, -0.05) is 30.3 Å². The standard InChI is InChI=1S/C11H9F3N2O2/c1-16-8(17)10(11(12,13)14,15-9(16)18)7-5-3-2-4-6-7/h2-6H,1H3,(H,15,18)/t10-/m0/s1. The smallest absolute Gasteiger partial charge is 0.312 e. The second-order valence-electron chi connectivity index (χ2n) is 3.91. The highest BCUT2D eigenvalue weighted by molar-refractivity contribution is 6.07. The van der Waals surface area contributed by atoms with Gasteiger partial charge in [-0.25, -0.2) is 4.79 Å². The number of imide groups is 1. The number of nitrogens with zero attached hydrogens (tertiary/aromatic N) is 1. The Morgan fingerprint density at radius 1 is 1.17 bits per heavy atom. The molecule has 1 aromatic carbocycles. The number of nitrogens with one attached hydrogen (secondary N) is 1. The lowest BCUT2D eigenvalue weighted by molar-refractivity contribution is -0.198. The zero-order valence-electron chi connectivity index (χ0n) is 9.28. The van der Waals surface area contributed by atoms with Gasteiger partial charge in [0.15, 0.2) is 0 Å². The van der Waals surface area contributed by atoms with E-state index in [9.17, 15) is 22.8 Å². The largest absolute Gasteiger partial charge is 0.425 e. The van der Waals surface area contributed by atoms with E-state index in [-0.39, 0.29) is 5.56 Å². The van der Waals surface area contributed by atoms with E-state index in [4.69, 9.17) is 0 Å². The molecule has 2 rings (SSSR count). The fraction of sp³-hybridized carbons (Fsp3) is 0.273. The van der Waals surface area contributed by atoms with Gasteiger partial charge < -0.3 is 5.32 Å². The van der Waals surface area contributed by atoms with Gasteiger partial charge in [0.2, 0.25) is 5.54 Å². The Kier molecular flexibility index (Phi) is 2.57. The first-order valence-corrected chi connectivity index (χ1v) is 5.03. The molecule has 1 heterocycles. The van der Waals surface area contributed by atoms with Gasteiger partial charge in [-0.05, 0) is 5.56 Å². The molecule has 1 fully saturated rings. The molecule has 0 unspecified atom stereocenters. The minimum absolute atomic E-state index is 0.305. The van der Waals surface area contributed by atoms with E-state index in [1.807, 2.05) is 0 Å². The summed E-state index contributed by atoms with van der Waals surface area (Å²) >= 11 is 0. The molecule has 1 saturated heterocycles. The fourth-order valence-corrected chi connectivity index (χ4v) is 1.88. The van der Waals surface area contributed by atoms with Crippen molar-refractivity contribution in [1.82, 2.24) is 10.2 Å². The topological polar surface area (TPSA) is 49.4 Å². The molecule has 96 valence electrons. The first-order chi connectivity index (χ1) is 8.30. The number of carbonyl (C=O) groups excluding carboxylic acids is 2. The Labute approximate surface area is 100 Å². The van der Waals surface area contributed by atoms with Crippen LogP contribution in [0.4, 0.5) is 18.0 Å². The van der Waals surface area contributed by atoms with E-state index in [0.29, 0.717) is 4.90 Å². The fourth-order valence-electron chi connectivity index (χ4n) is 1.88. The number of carbonyl (C=O) groups is 2. The second-order valence-corrected chi connectivity index (χ2v) is 3.91. The van der Waals surface area contributed by atoms with Gasteiger partial charge in [0.05, 0.1) is 0 Å². The summed E-state index contributed by atoms with van der Waals surface area (Å²) in [5.41, 5.74) is -3.29. The molecule has 4 nitrogen and oxygen atoms in total. The van der Waals surface area contributed by atoms with E-state index in [1.165, 1.54) is 18.2 Å².